The highest BCUT2D eigenvalue weighted by atomic mass is 35.5. The van der Waals surface area contributed by atoms with Crippen LogP contribution in [0.3, 0.4) is 0 Å². The molecule has 0 bridgehead atoms. The van der Waals surface area contributed by atoms with Crippen molar-refractivity contribution in [3.63, 3.8) is 0 Å². The maximum absolute atomic E-state index is 14.2. The van der Waals surface area contributed by atoms with Crippen LogP contribution >= 0.6 is 23.2 Å². The SMILES string of the molecule is Cc1cc(C2=NOC(c3cc(Cl)cc(Cl)c3)(C(F)(F)F)C2)ccc1C(=O)NC(=O)OCC1CC1. The summed E-state index contributed by atoms with van der Waals surface area (Å²) >= 11 is 11.8. The molecule has 0 saturated heterocycles. The van der Waals surface area contributed by atoms with Crippen LogP contribution in [0.25, 0.3) is 0 Å². The predicted octanol–water partition coefficient (Wildman–Crippen LogP) is 6.16. The number of carbonyl (C=O) groups is 2. The highest BCUT2D eigenvalue weighted by molar-refractivity contribution is 6.34. The summed E-state index contributed by atoms with van der Waals surface area (Å²) in [5, 5.41) is 5.92. The second-order valence-electron chi connectivity index (χ2n) is 8.31. The zero-order valence-electron chi connectivity index (χ0n) is 17.8. The lowest BCUT2D eigenvalue weighted by Crippen LogP contribution is -2.42. The Morgan fingerprint density at radius 1 is 1.18 bits per heavy atom. The number of ether oxygens (including phenoxy) is 1. The lowest BCUT2D eigenvalue weighted by molar-refractivity contribution is -0.275. The Morgan fingerprint density at radius 2 is 1.85 bits per heavy atom. The fourth-order valence-corrected chi connectivity index (χ4v) is 4.14. The third kappa shape index (κ3) is 5.00. The number of hydrogen-bond donors (Lipinski definition) is 1. The molecule has 2 aromatic carbocycles. The molecule has 1 unspecified atom stereocenters. The van der Waals surface area contributed by atoms with E-state index in [1.807, 2.05) is 0 Å². The van der Waals surface area contributed by atoms with Crippen molar-refractivity contribution in [2.75, 3.05) is 6.61 Å². The van der Waals surface area contributed by atoms with Gasteiger partial charge in [-0.25, -0.2) is 4.79 Å². The molecule has 1 saturated carbocycles. The summed E-state index contributed by atoms with van der Waals surface area (Å²) in [6.45, 7) is 1.85. The van der Waals surface area contributed by atoms with Crippen molar-refractivity contribution in [1.29, 1.82) is 0 Å². The van der Waals surface area contributed by atoms with Gasteiger partial charge in [-0.1, -0.05) is 34.4 Å². The Balaban J connectivity index is 1.52. The lowest BCUT2D eigenvalue weighted by atomic mass is 9.86. The molecule has 2 amide bonds. The van der Waals surface area contributed by atoms with E-state index >= 15 is 0 Å². The Labute approximate surface area is 203 Å². The van der Waals surface area contributed by atoms with Crippen molar-refractivity contribution in [3.05, 3.63) is 68.7 Å². The van der Waals surface area contributed by atoms with Crippen LogP contribution in [0.1, 0.15) is 46.3 Å². The monoisotopic (exact) mass is 514 g/mol. The van der Waals surface area contributed by atoms with Crippen molar-refractivity contribution in [3.8, 4) is 0 Å². The van der Waals surface area contributed by atoms with Crippen LogP contribution in [0, 0.1) is 12.8 Å². The number of alkyl carbamates (subject to hydrolysis) is 1. The second-order valence-corrected chi connectivity index (χ2v) is 9.19. The first-order valence-corrected chi connectivity index (χ1v) is 11.1. The van der Waals surface area contributed by atoms with Crippen LogP contribution < -0.4 is 5.32 Å². The van der Waals surface area contributed by atoms with Crippen LogP contribution in [-0.4, -0.2) is 30.5 Å². The number of carbonyl (C=O) groups excluding carboxylic acids is 2. The van der Waals surface area contributed by atoms with Crippen LogP contribution in [-0.2, 0) is 15.2 Å². The highest BCUT2D eigenvalue weighted by Gasteiger charge is 2.62. The van der Waals surface area contributed by atoms with Gasteiger partial charge in [-0.05, 0) is 67.1 Å². The zero-order chi connectivity index (χ0) is 24.7. The number of amides is 2. The van der Waals surface area contributed by atoms with E-state index in [-0.39, 0.29) is 33.5 Å². The van der Waals surface area contributed by atoms with Crippen molar-refractivity contribution < 1.29 is 32.3 Å². The summed E-state index contributed by atoms with van der Waals surface area (Å²) in [7, 11) is 0. The fraction of sp³-hybridized carbons (Fsp3) is 0.348. The van der Waals surface area contributed by atoms with Crippen LogP contribution in [0.2, 0.25) is 10.0 Å². The summed E-state index contributed by atoms with van der Waals surface area (Å²) in [6.07, 6.45) is -4.29. The molecular formula is C23H19Cl2F3N2O4. The number of imide groups is 1. The quantitative estimate of drug-likeness (QED) is 0.518. The van der Waals surface area contributed by atoms with Gasteiger partial charge in [0.2, 0.25) is 0 Å². The van der Waals surface area contributed by atoms with Gasteiger partial charge in [0.1, 0.15) is 0 Å². The van der Waals surface area contributed by atoms with Crippen LogP contribution in [0.4, 0.5) is 18.0 Å². The molecule has 6 nitrogen and oxygen atoms in total. The molecule has 180 valence electrons. The fourth-order valence-electron chi connectivity index (χ4n) is 3.62. The van der Waals surface area contributed by atoms with Gasteiger partial charge in [-0.3, -0.25) is 10.1 Å². The Bertz CT molecular complexity index is 1160. The first kappa shape index (κ1) is 24.3. The first-order chi connectivity index (χ1) is 16.0. The molecule has 0 radical (unpaired) electrons. The maximum Gasteiger partial charge on any atom is 0.435 e. The molecule has 1 atom stereocenters. The van der Waals surface area contributed by atoms with E-state index < -0.39 is 30.2 Å². The van der Waals surface area contributed by atoms with Gasteiger partial charge in [0.25, 0.3) is 11.5 Å². The number of nitrogens with zero attached hydrogens (tertiary/aromatic N) is 1. The number of rotatable bonds is 5. The Hall–Kier alpha value is -2.78. The molecule has 11 heteroatoms. The molecular weight excluding hydrogens is 496 g/mol. The third-order valence-electron chi connectivity index (χ3n) is 5.68. The van der Waals surface area contributed by atoms with Gasteiger partial charge in [-0.15, -0.1) is 0 Å². The first-order valence-electron chi connectivity index (χ1n) is 10.4. The second kappa shape index (κ2) is 9.11. The molecule has 2 aromatic rings. The average molecular weight is 515 g/mol. The van der Waals surface area contributed by atoms with E-state index in [0.29, 0.717) is 17.0 Å². The molecule has 4 rings (SSSR count). The minimum absolute atomic E-state index is 0.0324. The molecule has 1 fully saturated rings. The molecule has 1 aliphatic heterocycles. The minimum atomic E-state index is -4.82. The molecule has 1 N–H and O–H groups in total. The van der Waals surface area contributed by atoms with E-state index in [0.717, 1.165) is 25.0 Å². The van der Waals surface area contributed by atoms with Gasteiger partial charge < -0.3 is 9.57 Å². The number of aryl methyl sites for hydroxylation is 1. The zero-order valence-corrected chi connectivity index (χ0v) is 19.4. The number of nitrogens with one attached hydrogen (secondary N) is 1. The Kier molecular flexibility index (Phi) is 6.52. The molecule has 1 heterocycles. The van der Waals surface area contributed by atoms with Gasteiger partial charge in [0.15, 0.2) is 0 Å². The normalized spacial score (nSPS) is 19.9. The summed E-state index contributed by atoms with van der Waals surface area (Å²) < 4.78 is 47.5. The topological polar surface area (TPSA) is 77.0 Å². The van der Waals surface area contributed by atoms with Crippen molar-refractivity contribution in [2.45, 2.75) is 38.0 Å². The molecule has 0 aromatic heterocycles. The van der Waals surface area contributed by atoms with Crippen LogP contribution in [0.15, 0.2) is 41.6 Å². The highest BCUT2D eigenvalue weighted by Crippen LogP contribution is 2.49. The summed E-state index contributed by atoms with van der Waals surface area (Å²) in [5.74, 6) is -0.323. The number of benzene rings is 2. The number of alkyl halides is 3. The lowest BCUT2D eigenvalue weighted by Gasteiger charge is -2.29. The van der Waals surface area contributed by atoms with E-state index in [9.17, 15) is 22.8 Å². The minimum Gasteiger partial charge on any atom is -0.449 e. The third-order valence-corrected chi connectivity index (χ3v) is 6.12. The van der Waals surface area contributed by atoms with E-state index in [4.69, 9.17) is 32.8 Å². The van der Waals surface area contributed by atoms with E-state index in [1.54, 1.807) is 6.92 Å². The number of hydrogen-bond acceptors (Lipinski definition) is 5. The predicted molar refractivity (Wildman–Crippen MR) is 119 cm³/mol. The van der Waals surface area contributed by atoms with Gasteiger partial charge in [0.05, 0.1) is 12.3 Å². The van der Waals surface area contributed by atoms with E-state index in [1.165, 1.54) is 24.3 Å². The summed E-state index contributed by atoms with van der Waals surface area (Å²) in [6, 6.07) is 7.95. The molecule has 0 spiro atoms. The largest absolute Gasteiger partial charge is 0.449 e. The molecule has 1 aliphatic carbocycles. The smallest absolute Gasteiger partial charge is 0.435 e. The van der Waals surface area contributed by atoms with Crippen LogP contribution in [0.5, 0.6) is 0 Å². The maximum atomic E-state index is 14.2. The summed E-state index contributed by atoms with van der Waals surface area (Å²) in [5.41, 5.74) is -2.05. The Morgan fingerprint density at radius 3 is 2.44 bits per heavy atom. The van der Waals surface area contributed by atoms with E-state index in [2.05, 4.69) is 10.5 Å². The van der Waals surface area contributed by atoms with Gasteiger partial charge in [0, 0.05) is 27.6 Å². The van der Waals surface area contributed by atoms with Crippen molar-refractivity contribution in [2.24, 2.45) is 11.1 Å². The number of halogens is 5. The molecule has 2 aliphatic rings. The van der Waals surface area contributed by atoms with Crippen molar-refractivity contribution >= 4 is 40.9 Å². The summed E-state index contributed by atoms with van der Waals surface area (Å²) in [4.78, 5) is 29.2. The molecule has 34 heavy (non-hydrogen) atoms. The standard InChI is InChI=1S/C23H19Cl2F3N2O4/c1-12-6-14(4-5-18(12)20(31)29-21(32)33-11-13-2-3-13)19-10-22(34-30-19,23(26,27)28)15-7-16(24)9-17(25)8-15/h4-9,13H,2-3,10-11H2,1H3,(H,29,31,32). The van der Waals surface area contributed by atoms with Crippen molar-refractivity contribution in [1.82, 2.24) is 5.32 Å². The van der Waals surface area contributed by atoms with Gasteiger partial charge in [-0.2, -0.15) is 13.2 Å². The van der Waals surface area contributed by atoms with Gasteiger partial charge >= 0.3 is 12.3 Å². The number of oxime groups is 1. The average Bonchev–Trinajstić information content (AvgIpc) is 3.45.